The standard InChI is InChI=1S/C16H14F3NO2/c17-12-6-2-1-5-11(12)9-10-15(21)20-13-7-3-4-8-14(13)22-16(18)19/h1-8,16H,9-10H2,(H,20,21). The van der Waals surface area contributed by atoms with Crippen molar-refractivity contribution in [2.24, 2.45) is 0 Å². The summed E-state index contributed by atoms with van der Waals surface area (Å²) in [5, 5.41) is 2.49. The first-order valence-corrected chi connectivity index (χ1v) is 6.63. The Morgan fingerprint density at radius 3 is 2.50 bits per heavy atom. The van der Waals surface area contributed by atoms with Crippen LogP contribution in [0.5, 0.6) is 5.75 Å². The van der Waals surface area contributed by atoms with Crippen molar-refractivity contribution < 1.29 is 22.7 Å². The van der Waals surface area contributed by atoms with E-state index in [1.165, 1.54) is 24.3 Å². The van der Waals surface area contributed by atoms with E-state index in [0.29, 0.717) is 5.56 Å². The Bertz CT molecular complexity index is 647. The lowest BCUT2D eigenvalue weighted by atomic mass is 10.1. The number of carbonyl (C=O) groups is 1. The van der Waals surface area contributed by atoms with Gasteiger partial charge in [-0.05, 0) is 30.2 Å². The molecule has 0 atom stereocenters. The SMILES string of the molecule is O=C(CCc1ccccc1F)Nc1ccccc1OC(F)F. The number of nitrogens with one attached hydrogen (secondary N) is 1. The van der Waals surface area contributed by atoms with Crippen LogP contribution < -0.4 is 10.1 Å². The van der Waals surface area contributed by atoms with Crippen LogP contribution in [-0.4, -0.2) is 12.5 Å². The highest BCUT2D eigenvalue weighted by Gasteiger charge is 2.12. The predicted molar refractivity (Wildman–Crippen MR) is 76.4 cm³/mol. The van der Waals surface area contributed by atoms with Crippen molar-refractivity contribution in [3.8, 4) is 5.75 Å². The Hall–Kier alpha value is -2.50. The average Bonchev–Trinajstić information content (AvgIpc) is 2.48. The zero-order chi connectivity index (χ0) is 15.9. The summed E-state index contributed by atoms with van der Waals surface area (Å²) in [7, 11) is 0. The number of aryl methyl sites for hydroxylation is 1. The van der Waals surface area contributed by atoms with Crippen molar-refractivity contribution in [2.75, 3.05) is 5.32 Å². The molecule has 0 saturated heterocycles. The van der Waals surface area contributed by atoms with Gasteiger partial charge in [0.05, 0.1) is 5.69 Å². The molecule has 0 aromatic heterocycles. The molecule has 6 heteroatoms. The van der Waals surface area contributed by atoms with Crippen LogP contribution in [0.3, 0.4) is 0 Å². The van der Waals surface area contributed by atoms with Gasteiger partial charge in [-0.15, -0.1) is 0 Å². The lowest BCUT2D eigenvalue weighted by molar-refractivity contribution is -0.116. The molecule has 0 spiro atoms. The van der Waals surface area contributed by atoms with Crippen LogP contribution in [0.15, 0.2) is 48.5 Å². The topological polar surface area (TPSA) is 38.3 Å². The van der Waals surface area contributed by atoms with Crippen LogP contribution in [0.1, 0.15) is 12.0 Å². The fourth-order valence-electron chi connectivity index (χ4n) is 1.93. The van der Waals surface area contributed by atoms with E-state index in [-0.39, 0.29) is 30.1 Å². The molecule has 2 rings (SSSR count). The van der Waals surface area contributed by atoms with Crippen LogP contribution >= 0.6 is 0 Å². The predicted octanol–water partition coefficient (Wildman–Crippen LogP) is 4.00. The van der Waals surface area contributed by atoms with Crippen LogP contribution in [0, 0.1) is 5.82 Å². The van der Waals surface area contributed by atoms with E-state index in [9.17, 15) is 18.0 Å². The van der Waals surface area contributed by atoms with Gasteiger partial charge in [0.2, 0.25) is 5.91 Å². The zero-order valence-corrected chi connectivity index (χ0v) is 11.6. The highest BCUT2D eigenvalue weighted by atomic mass is 19.3. The van der Waals surface area contributed by atoms with Crippen molar-refractivity contribution in [1.82, 2.24) is 0 Å². The van der Waals surface area contributed by atoms with Gasteiger partial charge in [0, 0.05) is 6.42 Å². The molecule has 0 unspecified atom stereocenters. The molecule has 2 aromatic carbocycles. The number of anilines is 1. The number of para-hydroxylation sites is 2. The van der Waals surface area contributed by atoms with Gasteiger partial charge in [-0.2, -0.15) is 8.78 Å². The lowest BCUT2D eigenvalue weighted by Crippen LogP contribution is -2.14. The minimum absolute atomic E-state index is 0.0317. The molecule has 22 heavy (non-hydrogen) atoms. The maximum atomic E-state index is 13.4. The van der Waals surface area contributed by atoms with Crippen molar-refractivity contribution in [3.05, 3.63) is 59.9 Å². The Balaban J connectivity index is 1.96. The smallest absolute Gasteiger partial charge is 0.387 e. The van der Waals surface area contributed by atoms with E-state index in [0.717, 1.165) is 0 Å². The Kier molecular flexibility index (Phi) is 5.41. The molecule has 1 N–H and O–H groups in total. The monoisotopic (exact) mass is 309 g/mol. The van der Waals surface area contributed by atoms with Gasteiger partial charge in [0.1, 0.15) is 11.6 Å². The lowest BCUT2D eigenvalue weighted by Gasteiger charge is -2.11. The summed E-state index contributed by atoms with van der Waals surface area (Å²) in [5.74, 6) is -0.901. The van der Waals surface area contributed by atoms with Crippen LogP contribution in [0.2, 0.25) is 0 Å². The molecule has 3 nitrogen and oxygen atoms in total. The normalized spacial score (nSPS) is 10.5. The second-order valence-electron chi connectivity index (χ2n) is 4.51. The summed E-state index contributed by atoms with van der Waals surface area (Å²) >= 11 is 0. The van der Waals surface area contributed by atoms with E-state index in [4.69, 9.17) is 0 Å². The maximum Gasteiger partial charge on any atom is 0.387 e. The third-order valence-corrected chi connectivity index (χ3v) is 2.96. The first kappa shape index (κ1) is 15.9. The molecule has 0 aliphatic carbocycles. The number of benzene rings is 2. The molecule has 0 bridgehead atoms. The molecule has 0 saturated carbocycles. The second-order valence-corrected chi connectivity index (χ2v) is 4.51. The third kappa shape index (κ3) is 4.51. The van der Waals surface area contributed by atoms with Gasteiger partial charge < -0.3 is 10.1 Å². The second kappa shape index (κ2) is 7.49. The number of halogens is 3. The van der Waals surface area contributed by atoms with E-state index in [1.807, 2.05) is 0 Å². The summed E-state index contributed by atoms with van der Waals surface area (Å²) in [4.78, 5) is 11.9. The molecular formula is C16H14F3NO2. The van der Waals surface area contributed by atoms with E-state index in [1.54, 1.807) is 24.3 Å². The summed E-state index contributed by atoms with van der Waals surface area (Å²) in [6, 6.07) is 12.1. The molecular weight excluding hydrogens is 295 g/mol. The number of amides is 1. The largest absolute Gasteiger partial charge is 0.433 e. The highest BCUT2D eigenvalue weighted by molar-refractivity contribution is 5.92. The van der Waals surface area contributed by atoms with Crippen molar-refractivity contribution in [3.63, 3.8) is 0 Å². The number of ether oxygens (including phenoxy) is 1. The fraction of sp³-hybridized carbons (Fsp3) is 0.188. The third-order valence-electron chi connectivity index (χ3n) is 2.96. The zero-order valence-electron chi connectivity index (χ0n) is 11.6. The van der Waals surface area contributed by atoms with E-state index < -0.39 is 12.5 Å². The molecule has 116 valence electrons. The number of hydrogen-bond donors (Lipinski definition) is 1. The van der Waals surface area contributed by atoms with Crippen molar-refractivity contribution >= 4 is 11.6 Å². The fourth-order valence-corrected chi connectivity index (χ4v) is 1.93. The first-order chi connectivity index (χ1) is 10.6. The molecule has 0 radical (unpaired) electrons. The van der Waals surface area contributed by atoms with Gasteiger partial charge in [-0.3, -0.25) is 4.79 Å². The Morgan fingerprint density at radius 1 is 1.09 bits per heavy atom. The average molecular weight is 309 g/mol. The first-order valence-electron chi connectivity index (χ1n) is 6.63. The molecule has 2 aromatic rings. The Morgan fingerprint density at radius 2 is 1.77 bits per heavy atom. The molecule has 0 heterocycles. The van der Waals surface area contributed by atoms with Gasteiger partial charge in [-0.1, -0.05) is 30.3 Å². The van der Waals surface area contributed by atoms with Gasteiger partial charge in [0.15, 0.2) is 0 Å². The van der Waals surface area contributed by atoms with Crippen LogP contribution in [-0.2, 0) is 11.2 Å². The van der Waals surface area contributed by atoms with Gasteiger partial charge in [-0.25, -0.2) is 4.39 Å². The van der Waals surface area contributed by atoms with Gasteiger partial charge >= 0.3 is 6.61 Å². The number of hydrogen-bond acceptors (Lipinski definition) is 2. The number of alkyl halides is 2. The van der Waals surface area contributed by atoms with Crippen molar-refractivity contribution in [1.29, 1.82) is 0 Å². The summed E-state index contributed by atoms with van der Waals surface area (Å²) in [6.07, 6.45) is 0.250. The summed E-state index contributed by atoms with van der Waals surface area (Å²) in [5.41, 5.74) is 0.580. The molecule has 1 amide bonds. The van der Waals surface area contributed by atoms with Gasteiger partial charge in [0.25, 0.3) is 0 Å². The van der Waals surface area contributed by atoms with E-state index in [2.05, 4.69) is 10.1 Å². The van der Waals surface area contributed by atoms with Crippen LogP contribution in [0.4, 0.5) is 18.9 Å². The molecule has 0 aliphatic heterocycles. The number of carbonyl (C=O) groups excluding carboxylic acids is 1. The van der Waals surface area contributed by atoms with Crippen molar-refractivity contribution in [2.45, 2.75) is 19.5 Å². The summed E-state index contributed by atoms with van der Waals surface area (Å²) < 4.78 is 42.3. The van der Waals surface area contributed by atoms with Crippen LogP contribution in [0.25, 0.3) is 0 Å². The van der Waals surface area contributed by atoms with E-state index >= 15 is 0 Å². The quantitative estimate of drug-likeness (QED) is 0.876. The minimum Gasteiger partial charge on any atom is -0.433 e. The minimum atomic E-state index is -2.98. The molecule has 0 aliphatic rings. The Labute approximate surface area is 125 Å². The molecule has 0 fully saturated rings. The number of rotatable bonds is 6. The highest BCUT2D eigenvalue weighted by Crippen LogP contribution is 2.25. The maximum absolute atomic E-state index is 13.4. The summed E-state index contributed by atoms with van der Waals surface area (Å²) in [6.45, 7) is -2.98.